The predicted octanol–water partition coefficient (Wildman–Crippen LogP) is 0.661. The molecular weight excluding hydrogens is 274 g/mol. The molecule has 0 radical (unpaired) electrons. The molecule has 0 aromatic carbocycles. The van der Waals surface area contributed by atoms with Gasteiger partial charge in [0.2, 0.25) is 0 Å². The average Bonchev–Trinajstić information content (AvgIpc) is 3.04. The molecule has 21 heavy (non-hydrogen) atoms. The lowest BCUT2D eigenvalue weighted by atomic mass is 10.2. The summed E-state index contributed by atoms with van der Waals surface area (Å²) in [6.45, 7) is 1.49. The third-order valence-electron chi connectivity index (χ3n) is 3.38. The molecule has 1 amide bonds. The largest absolute Gasteiger partial charge is 0.469 e. The number of nitrogens with zero attached hydrogens (tertiary/aromatic N) is 3. The third-order valence-corrected chi connectivity index (χ3v) is 3.38. The van der Waals surface area contributed by atoms with Crippen LogP contribution in [0.3, 0.4) is 0 Å². The van der Waals surface area contributed by atoms with Gasteiger partial charge in [0.15, 0.2) is 0 Å². The van der Waals surface area contributed by atoms with Crippen molar-refractivity contribution in [3.05, 3.63) is 24.0 Å². The highest BCUT2D eigenvalue weighted by atomic mass is 16.5. The molecule has 1 aliphatic rings. The van der Waals surface area contributed by atoms with Crippen molar-refractivity contribution in [2.45, 2.75) is 25.4 Å². The maximum absolute atomic E-state index is 12.5. The van der Waals surface area contributed by atoms with Crippen molar-refractivity contribution in [1.29, 1.82) is 0 Å². The Morgan fingerprint density at radius 1 is 1.48 bits per heavy atom. The van der Waals surface area contributed by atoms with Gasteiger partial charge in [0, 0.05) is 19.7 Å². The summed E-state index contributed by atoms with van der Waals surface area (Å²) in [4.78, 5) is 25.4. The Balaban J connectivity index is 2.02. The topological polar surface area (TPSA) is 81.6 Å². The van der Waals surface area contributed by atoms with E-state index in [1.165, 1.54) is 19.5 Å². The quantitative estimate of drug-likeness (QED) is 0.717. The molecule has 0 saturated carbocycles. The fraction of sp³-hybridized carbons (Fsp3) is 0.571. The molecule has 2 heterocycles. The molecule has 1 aromatic heterocycles. The summed E-state index contributed by atoms with van der Waals surface area (Å²) >= 11 is 0. The molecule has 1 aliphatic heterocycles. The Labute approximate surface area is 123 Å². The van der Waals surface area contributed by atoms with Gasteiger partial charge in [-0.2, -0.15) is 10.2 Å². The second-order valence-corrected chi connectivity index (χ2v) is 4.84. The molecule has 0 aliphatic carbocycles. The van der Waals surface area contributed by atoms with Crippen LogP contribution in [0.1, 0.15) is 29.6 Å². The number of hydrogen-bond donors (Lipinski definition) is 0. The lowest BCUT2D eigenvalue weighted by molar-refractivity contribution is -0.140. The van der Waals surface area contributed by atoms with Crippen molar-refractivity contribution in [2.24, 2.45) is 0 Å². The number of rotatable bonds is 6. The van der Waals surface area contributed by atoms with E-state index in [0.717, 1.165) is 19.4 Å². The number of carbonyl (C=O) groups is 2. The highest BCUT2D eigenvalue weighted by Crippen LogP contribution is 2.15. The van der Waals surface area contributed by atoms with Gasteiger partial charge in [-0.25, -0.2) is 0 Å². The first-order chi connectivity index (χ1) is 10.2. The highest BCUT2D eigenvalue weighted by molar-refractivity contribution is 5.94. The zero-order valence-corrected chi connectivity index (χ0v) is 12.0. The summed E-state index contributed by atoms with van der Waals surface area (Å²) in [5.41, 5.74) is 0.452. The predicted molar refractivity (Wildman–Crippen MR) is 73.5 cm³/mol. The van der Waals surface area contributed by atoms with E-state index in [9.17, 15) is 9.59 Å². The molecule has 0 bridgehead atoms. The molecular formula is C14H19N3O4. The van der Waals surface area contributed by atoms with Gasteiger partial charge in [-0.05, 0) is 18.9 Å². The van der Waals surface area contributed by atoms with E-state index in [-0.39, 0.29) is 24.4 Å². The SMILES string of the molecule is COC(=O)CCN(CC1CCCO1)C(=O)c1ccnnc1. The Bertz CT molecular complexity index is 474. The number of carbonyl (C=O) groups excluding carboxylic acids is 2. The van der Waals surface area contributed by atoms with Crippen LogP contribution in [0.4, 0.5) is 0 Å². The molecule has 0 N–H and O–H groups in total. The fourth-order valence-electron chi connectivity index (χ4n) is 2.24. The van der Waals surface area contributed by atoms with Crippen LogP contribution in [0.25, 0.3) is 0 Å². The van der Waals surface area contributed by atoms with E-state index in [1.807, 2.05) is 0 Å². The Kier molecular flexibility index (Phi) is 5.62. The van der Waals surface area contributed by atoms with E-state index >= 15 is 0 Å². The van der Waals surface area contributed by atoms with Crippen molar-refractivity contribution in [2.75, 3.05) is 26.8 Å². The van der Waals surface area contributed by atoms with Crippen LogP contribution in [0.5, 0.6) is 0 Å². The number of esters is 1. The van der Waals surface area contributed by atoms with E-state index in [4.69, 9.17) is 4.74 Å². The molecule has 7 nitrogen and oxygen atoms in total. The van der Waals surface area contributed by atoms with E-state index in [2.05, 4.69) is 14.9 Å². The van der Waals surface area contributed by atoms with Gasteiger partial charge in [-0.15, -0.1) is 0 Å². The maximum Gasteiger partial charge on any atom is 0.307 e. The van der Waals surface area contributed by atoms with Gasteiger partial charge >= 0.3 is 5.97 Å². The second kappa shape index (κ2) is 7.68. The van der Waals surface area contributed by atoms with Crippen molar-refractivity contribution >= 4 is 11.9 Å². The van der Waals surface area contributed by atoms with Gasteiger partial charge in [0.25, 0.3) is 5.91 Å². The van der Waals surface area contributed by atoms with Crippen LogP contribution in [0.2, 0.25) is 0 Å². The van der Waals surface area contributed by atoms with Crippen LogP contribution in [0.15, 0.2) is 18.5 Å². The smallest absolute Gasteiger partial charge is 0.307 e. The monoisotopic (exact) mass is 293 g/mol. The molecule has 1 aromatic rings. The van der Waals surface area contributed by atoms with E-state index in [1.54, 1.807) is 11.0 Å². The summed E-state index contributed by atoms with van der Waals surface area (Å²) < 4.78 is 10.2. The van der Waals surface area contributed by atoms with Crippen LogP contribution >= 0.6 is 0 Å². The zero-order chi connectivity index (χ0) is 15.1. The van der Waals surface area contributed by atoms with Crippen molar-refractivity contribution in [3.63, 3.8) is 0 Å². The van der Waals surface area contributed by atoms with Crippen molar-refractivity contribution in [1.82, 2.24) is 15.1 Å². The van der Waals surface area contributed by atoms with Crippen LogP contribution in [-0.4, -0.2) is 59.9 Å². The van der Waals surface area contributed by atoms with Gasteiger partial charge in [-0.1, -0.05) is 0 Å². The normalized spacial score (nSPS) is 17.5. The maximum atomic E-state index is 12.5. The van der Waals surface area contributed by atoms with Gasteiger partial charge < -0.3 is 14.4 Å². The molecule has 1 atom stereocenters. The molecule has 1 fully saturated rings. The minimum absolute atomic E-state index is 0.0291. The number of aromatic nitrogens is 2. The first-order valence-electron chi connectivity index (χ1n) is 6.95. The minimum atomic E-state index is -0.340. The van der Waals surface area contributed by atoms with Crippen LogP contribution in [0, 0.1) is 0 Å². The van der Waals surface area contributed by atoms with Crippen molar-refractivity contribution in [3.8, 4) is 0 Å². The van der Waals surface area contributed by atoms with Gasteiger partial charge in [-0.3, -0.25) is 9.59 Å². The Morgan fingerprint density at radius 3 is 2.95 bits per heavy atom. The first-order valence-corrected chi connectivity index (χ1v) is 6.95. The molecule has 114 valence electrons. The standard InChI is InChI=1S/C14H19N3O4/c1-20-13(18)5-7-17(10-12-3-2-8-21-12)14(19)11-4-6-15-16-9-11/h4,6,9,12H,2-3,5,7-8,10H2,1H3. The van der Waals surface area contributed by atoms with Crippen LogP contribution < -0.4 is 0 Å². The Hall–Kier alpha value is -2.02. The zero-order valence-electron chi connectivity index (χ0n) is 12.0. The summed E-state index contributed by atoms with van der Waals surface area (Å²) in [5.74, 6) is -0.516. The summed E-state index contributed by atoms with van der Waals surface area (Å²) in [5, 5.41) is 7.37. The number of ether oxygens (including phenoxy) is 2. The van der Waals surface area contributed by atoms with Crippen LogP contribution in [-0.2, 0) is 14.3 Å². The average molecular weight is 293 g/mol. The first kappa shape index (κ1) is 15.4. The third kappa shape index (κ3) is 4.49. The Morgan fingerprint density at radius 2 is 2.33 bits per heavy atom. The molecule has 1 unspecified atom stereocenters. The number of amides is 1. The second-order valence-electron chi connectivity index (χ2n) is 4.84. The molecule has 0 spiro atoms. The molecule has 1 saturated heterocycles. The summed E-state index contributed by atoms with van der Waals surface area (Å²) in [7, 11) is 1.33. The summed E-state index contributed by atoms with van der Waals surface area (Å²) in [6, 6.07) is 1.61. The number of methoxy groups -OCH3 is 1. The molecule has 7 heteroatoms. The number of hydrogen-bond acceptors (Lipinski definition) is 6. The summed E-state index contributed by atoms with van der Waals surface area (Å²) in [6.07, 6.45) is 5.01. The minimum Gasteiger partial charge on any atom is -0.469 e. The fourth-order valence-corrected chi connectivity index (χ4v) is 2.24. The van der Waals surface area contributed by atoms with Gasteiger partial charge in [0.1, 0.15) is 0 Å². The highest BCUT2D eigenvalue weighted by Gasteiger charge is 2.24. The van der Waals surface area contributed by atoms with E-state index < -0.39 is 0 Å². The molecule has 2 rings (SSSR count). The lowest BCUT2D eigenvalue weighted by Gasteiger charge is -2.25. The van der Waals surface area contributed by atoms with Gasteiger partial charge in [0.05, 0.1) is 37.6 Å². The van der Waals surface area contributed by atoms with Crippen molar-refractivity contribution < 1.29 is 19.1 Å². The van der Waals surface area contributed by atoms with E-state index in [0.29, 0.717) is 18.7 Å². The lowest BCUT2D eigenvalue weighted by Crippen LogP contribution is -2.39.